The van der Waals surface area contributed by atoms with Gasteiger partial charge >= 0.3 is 5.97 Å². The van der Waals surface area contributed by atoms with Crippen molar-refractivity contribution >= 4 is 11.9 Å². The van der Waals surface area contributed by atoms with Crippen LogP contribution in [-0.4, -0.2) is 36.1 Å². The molecule has 0 bridgehead atoms. The van der Waals surface area contributed by atoms with Crippen molar-refractivity contribution in [1.82, 2.24) is 10.6 Å². The molecule has 3 N–H and O–H groups in total. The Labute approximate surface area is 101 Å². The summed E-state index contributed by atoms with van der Waals surface area (Å²) in [6, 6.07) is 0.527. The molecule has 2 atom stereocenters. The van der Waals surface area contributed by atoms with Crippen LogP contribution in [-0.2, 0) is 9.59 Å². The number of carboxylic acids is 1. The molecule has 0 aromatic carbocycles. The lowest BCUT2D eigenvalue weighted by atomic mass is 9.96. The van der Waals surface area contributed by atoms with Gasteiger partial charge in [0.15, 0.2) is 0 Å². The van der Waals surface area contributed by atoms with Gasteiger partial charge in [0.1, 0.15) is 0 Å². The van der Waals surface area contributed by atoms with Crippen molar-refractivity contribution in [2.75, 3.05) is 13.1 Å². The number of hydrogen-bond acceptors (Lipinski definition) is 3. The number of nitrogens with one attached hydrogen (secondary N) is 2. The van der Waals surface area contributed by atoms with Crippen molar-refractivity contribution in [1.29, 1.82) is 0 Å². The summed E-state index contributed by atoms with van der Waals surface area (Å²) in [5.74, 6) is -0.908. The van der Waals surface area contributed by atoms with E-state index in [-0.39, 0.29) is 17.7 Å². The van der Waals surface area contributed by atoms with Gasteiger partial charge in [-0.25, -0.2) is 0 Å². The van der Waals surface area contributed by atoms with Gasteiger partial charge in [0.05, 0.1) is 12.5 Å². The van der Waals surface area contributed by atoms with E-state index in [1.54, 1.807) is 0 Å². The molecule has 2 rings (SSSR count). The molecule has 2 aliphatic rings. The molecule has 17 heavy (non-hydrogen) atoms. The minimum atomic E-state index is -0.724. The normalized spacial score (nSPS) is 28.0. The number of carbonyl (C=O) groups excluding carboxylic acids is 1. The summed E-state index contributed by atoms with van der Waals surface area (Å²) in [6.07, 6.45) is 4.94. The molecule has 0 aliphatic heterocycles. The average molecular weight is 240 g/mol. The summed E-state index contributed by atoms with van der Waals surface area (Å²) in [4.78, 5) is 22.4. The van der Waals surface area contributed by atoms with E-state index in [1.807, 2.05) is 0 Å². The smallest absolute Gasteiger partial charge is 0.306 e. The summed E-state index contributed by atoms with van der Waals surface area (Å²) in [5, 5.41) is 15.0. The highest BCUT2D eigenvalue weighted by molar-refractivity contribution is 5.78. The Morgan fingerprint density at radius 1 is 1.18 bits per heavy atom. The third-order valence-corrected chi connectivity index (χ3v) is 3.67. The van der Waals surface area contributed by atoms with Gasteiger partial charge in [-0.1, -0.05) is 6.42 Å². The third kappa shape index (κ3) is 3.70. The van der Waals surface area contributed by atoms with Gasteiger partial charge in [0.2, 0.25) is 5.91 Å². The number of rotatable bonds is 6. The van der Waals surface area contributed by atoms with E-state index in [1.165, 1.54) is 0 Å². The SMILES string of the molecule is O=C(CNC1CC1)NCC1CCCC1C(=O)O. The van der Waals surface area contributed by atoms with Crippen LogP contribution >= 0.6 is 0 Å². The van der Waals surface area contributed by atoms with E-state index < -0.39 is 5.97 Å². The van der Waals surface area contributed by atoms with Gasteiger partial charge in [0, 0.05) is 12.6 Å². The fraction of sp³-hybridized carbons (Fsp3) is 0.833. The quantitative estimate of drug-likeness (QED) is 0.626. The van der Waals surface area contributed by atoms with Crippen molar-refractivity contribution in [3.05, 3.63) is 0 Å². The zero-order chi connectivity index (χ0) is 12.3. The van der Waals surface area contributed by atoms with E-state index in [0.717, 1.165) is 32.1 Å². The van der Waals surface area contributed by atoms with Crippen LogP contribution in [0.15, 0.2) is 0 Å². The van der Waals surface area contributed by atoms with E-state index in [9.17, 15) is 9.59 Å². The van der Waals surface area contributed by atoms with Gasteiger partial charge in [0.25, 0.3) is 0 Å². The van der Waals surface area contributed by atoms with Crippen LogP contribution in [0.25, 0.3) is 0 Å². The Balaban J connectivity index is 1.65. The Bertz CT molecular complexity index is 302. The van der Waals surface area contributed by atoms with Crippen LogP contribution in [0.1, 0.15) is 32.1 Å². The standard InChI is InChI=1S/C12H20N2O3/c15-11(7-13-9-4-5-9)14-6-8-2-1-3-10(8)12(16)17/h8-10,13H,1-7H2,(H,14,15)(H,16,17). The average Bonchev–Trinajstić information content (AvgIpc) is 3.00. The van der Waals surface area contributed by atoms with Gasteiger partial charge in [-0.3, -0.25) is 9.59 Å². The highest BCUT2D eigenvalue weighted by Gasteiger charge is 2.32. The van der Waals surface area contributed by atoms with Crippen molar-refractivity contribution < 1.29 is 14.7 Å². The number of carbonyl (C=O) groups is 2. The Kier molecular flexibility index (Phi) is 3.99. The third-order valence-electron chi connectivity index (χ3n) is 3.67. The van der Waals surface area contributed by atoms with Gasteiger partial charge in [-0.05, 0) is 31.6 Å². The molecular weight excluding hydrogens is 220 g/mol. The van der Waals surface area contributed by atoms with Crippen LogP contribution < -0.4 is 10.6 Å². The molecular formula is C12H20N2O3. The van der Waals surface area contributed by atoms with Gasteiger partial charge < -0.3 is 15.7 Å². The number of amides is 1. The van der Waals surface area contributed by atoms with Crippen LogP contribution in [0, 0.1) is 11.8 Å². The predicted octanol–water partition coefficient (Wildman–Crippen LogP) is 0.355. The van der Waals surface area contributed by atoms with E-state index in [2.05, 4.69) is 10.6 Å². The number of aliphatic carboxylic acids is 1. The molecule has 2 saturated carbocycles. The fourth-order valence-electron chi connectivity index (χ4n) is 2.44. The first kappa shape index (κ1) is 12.4. The maximum absolute atomic E-state index is 11.5. The largest absolute Gasteiger partial charge is 0.481 e. The van der Waals surface area contributed by atoms with Crippen LogP contribution in [0.4, 0.5) is 0 Å². The molecule has 2 fully saturated rings. The van der Waals surface area contributed by atoms with E-state index in [0.29, 0.717) is 19.1 Å². The van der Waals surface area contributed by atoms with Gasteiger partial charge in [-0.15, -0.1) is 0 Å². The highest BCUT2D eigenvalue weighted by Crippen LogP contribution is 2.31. The molecule has 96 valence electrons. The van der Waals surface area contributed by atoms with Crippen molar-refractivity contribution in [2.24, 2.45) is 11.8 Å². The van der Waals surface area contributed by atoms with Gasteiger partial charge in [-0.2, -0.15) is 0 Å². The van der Waals surface area contributed by atoms with Crippen LogP contribution in [0.5, 0.6) is 0 Å². The molecule has 1 amide bonds. The molecule has 0 aromatic heterocycles. The second kappa shape index (κ2) is 5.49. The molecule has 0 radical (unpaired) electrons. The zero-order valence-corrected chi connectivity index (χ0v) is 9.95. The van der Waals surface area contributed by atoms with E-state index >= 15 is 0 Å². The summed E-state index contributed by atoms with van der Waals surface area (Å²) >= 11 is 0. The molecule has 2 aliphatic carbocycles. The van der Waals surface area contributed by atoms with Crippen LogP contribution in [0.3, 0.4) is 0 Å². The zero-order valence-electron chi connectivity index (χ0n) is 9.95. The lowest BCUT2D eigenvalue weighted by Gasteiger charge is -2.16. The first-order valence-corrected chi connectivity index (χ1v) is 6.39. The lowest BCUT2D eigenvalue weighted by Crippen LogP contribution is -2.38. The second-order valence-corrected chi connectivity index (χ2v) is 5.09. The fourth-order valence-corrected chi connectivity index (χ4v) is 2.44. The summed E-state index contributed by atoms with van der Waals surface area (Å²) in [6.45, 7) is 0.858. The van der Waals surface area contributed by atoms with Crippen molar-refractivity contribution in [2.45, 2.75) is 38.1 Å². The minimum Gasteiger partial charge on any atom is -0.481 e. The number of carboxylic acid groups (broad SMARTS) is 1. The van der Waals surface area contributed by atoms with Crippen molar-refractivity contribution in [3.8, 4) is 0 Å². The lowest BCUT2D eigenvalue weighted by molar-refractivity contribution is -0.143. The molecule has 2 unspecified atom stereocenters. The Morgan fingerprint density at radius 2 is 1.94 bits per heavy atom. The maximum Gasteiger partial charge on any atom is 0.306 e. The summed E-state index contributed by atoms with van der Waals surface area (Å²) < 4.78 is 0. The minimum absolute atomic E-state index is 0.0204. The number of hydrogen-bond donors (Lipinski definition) is 3. The van der Waals surface area contributed by atoms with Crippen LogP contribution in [0.2, 0.25) is 0 Å². The maximum atomic E-state index is 11.5. The molecule has 5 nitrogen and oxygen atoms in total. The molecule has 0 heterocycles. The Morgan fingerprint density at radius 3 is 2.59 bits per heavy atom. The topological polar surface area (TPSA) is 78.4 Å². The second-order valence-electron chi connectivity index (χ2n) is 5.09. The molecule has 0 spiro atoms. The first-order chi connectivity index (χ1) is 8.16. The van der Waals surface area contributed by atoms with Crippen molar-refractivity contribution in [3.63, 3.8) is 0 Å². The highest BCUT2D eigenvalue weighted by atomic mass is 16.4. The predicted molar refractivity (Wildman–Crippen MR) is 62.5 cm³/mol. The first-order valence-electron chi connectivity index (χ1n) is 6.39. The monoisotopic (exact) mass is 240 g/mol. The Hall–Kier alpha value is -1.10. The summed E-state index contributed by atoms with van der Waals surface area (Å²) in [5.41, 5.74) is 0. The molecule has 0 aromatic rings. The molecule has 5 heteroatoms. The molecule has 0 saturated heterocycles. The summed E-state index contributed by atoms with van der Waals surface area (Å²) in [7, 11) is 0. The van der Waals surface area contributed by atoms with E-state index in [4.69, 9.17) is 5.11 Å².